The molecule has 0 amide bonds. The highest BCUT2D eigenvalue weighted by Crippen LogP contribution is 2.22. The number of nitrogens with two attached hydrogens (primary N) is 1. The summed E-state index contributed by atoms with van der Waals surface area (Å²) < 4.78 is 10.5. The van der Waals surface area contributed by atoms with Crippen LogP contribution in [0.5, 0.6) is 11.5 Å². The molecule has 128 valence electrons. The molecule has 2 aromatic rings. The number of ketones is 1. The van der Waals surface area contributed by atoms with Gasteiger partial charge in [-0.2, -0.15) is 0 Å². The van der Waals surface area contributed by atoms with Crippen LogP contribution >= 0.6 is 0 Å². The summed E-state index contributed by atoms with van der Waals surface area (Å²) in [6, 6.07) is 13.1. The monoisotopic (exact) mass is 328 g/mol. The molecule has 2 rings (SSSR count). The molecule has 0 aliphatic rings. The number of carbonyl (C=O) groups excluding carboxylic acids is 1. The quantitative estimate of drug-likeness (QED) is 0.421. The molecule has 24 heavy (non-hydrogen) atoms. The van der Waals surface area contributed by atoms with E-state index < -0.39 is 0 Å². The molecule has 0 radical (unpaired) electrons. The summed E-state index contributed by atoms with van der Waals surface area (Å²) >= 11 is 0. The van der Waals surface area contributed by atoms with Crippen molar-refractivity contribution < 1.29 is 14.3 Å². The minimum absolute atomic E-state index is 0.0134. The van der Waals surface area contributed by atoms with Crippen LogP contribution in [0.15, 0.2) is 42.5 Å². The van der Waals surface area contributed by atoms with Crippen LogP contribution in [-0.4, -0.2) is 32.6 Å². The number of hydrogen-bond donors (Lipinski definition) is 2. The lowest BCUT2D eigenvalue weighted by molar-refractivity contribution is 0.0991. The Morgan fingerprint density at radius 1 is 1.17 bits per heavy atom. The van der Waals surface area contributed by atoms with Crippen LogP contribution in [0.3, 0.4) is 0 Å². The second-order valence-electron chi connectivity index (χ2n) is 5.38. The second-order valence-corrected chi connectivity index (χ2v) is 5.38. The van der Waals surface area contributed by atoms with Gasteiger partial charge in [0.05, 0.1) is 25.9 Å². The van der Waals surface area contributed by atoms with Crippen LogP contribution in [0, 0.1) is 0 Å². The van der Waals surface area contributed by atoms with E-state index in [4.69, 9.17) is 15.2 Å². The van der Waals surface area contributed by atoms with Crippen molar-refractivity contribution in [1.82, 2.24) is 5.32 Å². The van der Waals surface area contributed by atoms with Gasteiger partial charge in [0.2, 0.25) is 0 Å². The predicted octanol–water partition coefficient (Wildman–Crippen LogP) is 2.69. The van der Waals surface area contributed by atoms with E-state index in [1.165, 1.54) is 5.56 Å². The lowest BCUT2D eigenvalue weighted by atomic mass is 10.1. The summed E-state index contributed by atoms with van der Waals surface area (Å²) in [5.41, 5.74) is 8.16. The van der Waals surface area contributed by atoms with Crippen LogP contribution in [0.2, 0.25) is 0 Å². The van der Waals surface area contributed by atoms with Gasteiger partial charge < -0.3 is 20.5 Å². The van der Waals surface area contributed by atoms with Crippen molar-refractivity contribution in [2.75, 3.05) is 32.5 Å². The van der Waals surface area contributed by atoms with Crippen LogP contribution < -0.4 is 20.5 Å². The van der Waals surface area contributed by atoms with Crippen molar-refractivity contribution >= 4 is 11.5 Å². The highest BCUT2D eigenvalue weighted by Gasteiger charge is 2.08. The molecule has 3 N–H and O–H groups in total. The van der Waals surface area contributed by atoms with Gasteiger partial charge in [0, 0.05) is 5.56 Å². The summed E-state index contributed by atoms with van der Waals surface area (Å²) in [5, 5.41) is 3.17. The van der Waals surface area contributed by atoms with Crippen LogP contribution in [0.25, 0.3) is 0 Å². The van der Waals surface area contributed by atoms with E-state index in [-0.39, 0.29) is 12.3 Å². The minimum atomic E-state index is 0.0134. The van der Waals surface area contributed by atoms with Crippen molar-refractivity contribution in [3.05, 3.63) is 53.6 Å². The maximum atomic E-state index is 12.2. The van der Waals surface area contributed by atoms with Crippen molar-refractivity contribution in [2.45, 2.75) is 13.3 Å². The molecule has 0 atom stereocenters. The van der Waals surface area contributed by atoms with E-state index in [0.717, 1.165) is 18.7 Å². The Hall–Kier alpha value is -2.53. The fraction of sp³-hybridized carbons (Fsp3) is 0.316. The fourth-order valence-corrected chi connectivity index (χ4v) is 2.34. The maximum Gasteiger partial charge on any atom is 0.176 e. The zero-order valence-electron chi connectivity index (χ0n) is 14.2. The summed E-state index contributed by atoms with van der Waals surface area (Å²) in [5.74, 6) is 1.47. The molecule has 0 aromatic heterocycles. The van der Waals surface area contributed by atoms with Gasteiger partial charge in [-0.1, -0.05) is 12.1 Å². The Bertz CT molecular complexity index is 669. The number of anilines is 1. The van der Waals surface area contributed by atoms with Gasteiger partial charge in [-0.05, 0) is 55.8 Å². The molecule has 0 aliphatic heterocycles. The van der Waals surface area contributed by atoms with Gasteiger partial charge in [0.15, 0.2) is 5.78 Å². The summed E-state index contributed by atoms with van der Waals surface area (Å²) in [6.45, 7) is 3.45. The number of benzene rings is 2. The average molecular weight is 328 g/mol. The summed E-state index contributed by atoms with van der Waals surface area (Å²) in [7, 11) is 1.65. The van der Waals surface area contributed by atoms with Gasteiger partial charge in [-0.25, -0.2) is 0 Å². The molecular weight excluding hydrogens is 304 g/mol. The number of rotatable bonds is 9. The smallest absolute Gasteiger partial charge is 0.176 e. The largest absolute Gasteiger partial charge is 0.497 e. The van der Waals surface area contributed by atoms with E-state index in [1.807, 2.05) is 31.2 Å². The molecule has 5 heteroatoms. The predicted molar refractivity (Wildman–Crippen MR) is 95.9 cm³/mol. The lowest BCUT2D eigenvalue weighted by Gasteiger charge is -2.09. The van der Waals surface area contributed by atoms with Gasteiger partial charge in [-0.15, -0.1) is 0 Å². The van der Waals surface area contributed by atoms with Crippen molar-refractivity contribution in [1.29, 1.82) is 0 Å². The average Bonchev–Trinajstić information content (AvgIpc) is 2.61. The first kappa shape index (κ1) is 17.8. The highest BCUT2D eigenvalue weighted by atomic mass is 16.5. The molecule has 0 aliphatic carbocycles. The van der Waals surface area contributed by atoms with Gasteiger partial charge in [0.1, 0.15) is 11.5 Å². The first-order valence-electron chi connectivity index (χ1n) is 8.03. The lowest BCUT2D eigenvalue weighted by Crippen LogP contribution is -2.25. The van der Waals surface area contributed by atoms with E-state index in [9.17, 15) is 4.79 Å². The number of nitrogens with one attached hydrogen (secondary N) is 1. The standard InChI is InChI=1S/C19H24N2O3/c1-3-24-19-9-6-15(12-17(19)20)18(22)13-21-11-10-14-4-7-16(23-2)8-5-14/h4-9,12,21H,3,10-11,13,20H2,1-2H3. The summed E-state index contributed by atoms with van der Waals surface area (Å²) in [6.07, 6.45) is 0.850. The molecule has 5 nitrogen and oxygen atoms in total. The fourth-order valence-electron chi connectivity index (χ4n) is 2.34. The molecule has 0 saturated heterocycles. The number of hydrogen-bond acceptors (Lipinski definition) is 5. The van der Waals surface area contributed by atoms with Gasteiger partial charge in [0.25, 0.3) is 0 Å². The normalized spacial score (nSPS) is 10.4. The molecular formula is C19H24N2O3. The van der Waals surface area contributed by atoms with Gasteiger partial charge >= 0.3 is 0 Å². The van der Waals surface area contributed by atoms with Crippen molar-refractivity contribution in [3.63, 3.8) is 0 Å². The molecule has 0 unspecified atom stereocenters. The van der Waals surface area contributed by atoms with Gasteiger partial charge in [-0.3, -0.25) is 4.79 Å². The first-order chi connectivity index (χ1) is 11.6. The third-order valence-electron chi connectivity index (χ3n) is 3.67. The number of nitrogen functional groups attached to an aromatic ring is 1. The highest BCUT2D eigenvalue weighted by molar-refractivity contribution is 5.98. The van der Waals surface area contributed by atoms with Crippen molar-refractivity contribution in [2.24, 2.45) is 0 Å². The maximum absolute atomic E-state index is 12.2. The third-order valence-corrected chi connectivity index (χ3v) is 3.67. The number of methoxy groups -OCH3 is 1. The molecule has 0 bridgehead atoms. The van der Waals surface area contributed by atoms with E-state index in [0.29, 0.717) is 23.6 Å². The molecule has 2 aromatic carbocycles. The van der Waals surface area contributed by atoms with E-state index >= 15 is 0 Å². The third kappa shape index (κ3) is 4.99. The molecule has 0 spiro atoms. The molecule has 0 heterocycles. The first-order valence-corrected chi connectivity index (χ1v) is 8.03. The second kappa shape index (κ2) is 8.93. The number of carbonyl (C=O) groups is 1. The van der Waals surface area contributed by atoms with Crippen LogP contribution in [0.1, 0.15) is 22.8 Å². The zero-order chi connectivity index (χ0) is 17.4. The van der Waals surface area contributed by atoms with E-state index in [2.05, 4.69) is 5.32 Å². The van der Waals surface area contributed by atoms with Crippen LogP contribution in [0.4, 0.5) is 5.69 Å². The number of Topliss-reactive ketones (excluding diaryl/α,β-unsaturated/α-hetero) is 1. The Kier molecular flexibility index (Phi) is 6.63. The van der Waals surface area contributed by atoms with Crippen molar-refractivity contribution in [3.8, 4) is 11.5 Å². The Labute approximate surface area is 142 Å². The Morgan fingerprint density at radius 2 is 1.92 bits per heavy atom. The van der Waals surface area contributed by atoms with Crippen LogP contribution in [-0.2, 0) is 6.42 Å². The molecule has 0 saturated carbocycles. The summed E-state index contributed by atoms with van der Waals surface area (Å²) in [4.78, 5) is 12.2. The zero-order valence-corrected chi connectivity index (χ0v) is 14.2. The van der Waals surface area contributed by atoms with E-state index in [1.54, 1.807) is 25.3 Å². The number of ether oxygens (including phenoxy) is 2. The minimum Gasteiger partial charge on any atom is -0.497 e. The SMILES string of the molecule is CCOc1ccc(C(=O)CNCCc2ccc(OC)cc2)cc1N. The molecule has 0 fully saturated rings. The Balaban J connectivity index is 1.79. The topological polar surface area (TPSA) is 73.6 Å². The Morgan fingerprint density at radius 3 is 2.54 bits per heavy atom.